The van der Waals surface area contributed by atoms with Gasteiger partial charge in [-0.1, -0.05) is 30.3 Å². The molecule has 1 aromatic rings. The van der Waals surface area contributed by atoms with E-state index >= 15 is 0 Å². The van der Waals surface area contributed by atoms with Crippen LogP contribution in [0.1, 0.15) is 46.2 Å². The average Bonchev–Trinajstić information content (AvgIpc) is 2.42. The number of nitrogens with one attached hydrogen (secondary N) is 1. The van der Waals surface area contributed by atoms with Crippen molar-refractivity contribution in [1.29, 1.82) is 0 Å². The Morgan fingerprint density at radius 1 is 1.05 bits per heavy atom. The summed E-state index contributed by atoms with van der Waals surface area (Å²) in [5.41, 5.74) is -0.739. The third-order valence-corrected chi connectivity index (χ3v) is 3.23. The Balaban J connectivity index is 3.08. The fourth-order valence-electron chi connectivity index (χ4n) is 2.13. The number of esters is 1. The van der Waals surface area contributed by atoms with Crippen molar-refractivity contribution in [1.82, 2.24) is 5.32 Å². The lowest BCUT2D eigenvalue weighted by Crippen LogP contribution is -2.44. The molecule has 1 atom stereocenters. The van der Waals surface area contributed by atoms with Gasteiger partial charge in [0.2, 0.25) is 0 Å². The molecule has 22 heavy (non-hydrogen) atoms. The highest BCUT2D eigenvalue weighted by atomic mass is 16.6. The van der Waals surface area contributed by atoms with E-state index in [1.54, 1.807) is 34.6 Å². The van der Waals surface area contributed by atoms with Crippen LogP contribution in [0.15, 0.2) is 30.3 Å². The molecule has 0 fully saturated rings. The summed E-state index contributed by atoms with van der Waals surface area (Å²) in [5.74, 6) is -0.405. The summed E-state index contributed by atoms with van der Waals surface area (Å²) < 4.78 is 10.2. The molecule has 0 spiro atoms. The largest absolute Gasteiger partial charge is 0.469 e. The molecule has 0 aliphatic carbocycles. The third-order valence-electron chi connectivity index (χ3n) is 3.23. The summed E-state index contributed by atoms with van der Waals surface area (Å²) in [4.78, 5) is 24.2. The van der Waals surface area contributed by atoms with Gasteiger partial charge in [-0.05, 0) is 40.2 Å². The average molecular weight is 307 g/mol. The van der Waals surface area contributed by atoms with E-state index in [-0.39, 0.29) is 0 Å². The molecule has 5 nitrogen and oxygen atoms in total. The van der Waals surface area contributed by atoms with Crippen LogP contribution in [-0.4, -0.2) is 24.8 Å². The first kappa shape index (κ1) is 18.0. The van der Waals surface area contributed by atoms with Crippen molar-refractivity contribution in [3.63, 3.8) is 0 Å². The molecule has 5 heteroatoms. The van der Waals surface area contributed by atoms with Crippen LogP contribution in [0.25, 0.3) is 0 Å². The number of rotatable bonds is 4. The molecule has 1 unspecified atom stereocenters. The topological polar surface area (TPSA) is 64.6 Å². The Kier molecular flexibility index (Phi) is 5.58. The number of hydrogen-bond donors (Lipinski definition) is 1. The number of hydrogen-bond acceptors (Lipinski definition) is 4. The number of ether oxygens (including phenoxy) is 2. The summed E-state index contributed by atoms with van der Waals surface area (Å²) in [6.45, 7) is 8.82. The van der Waals surface area contributed by atoms with E-state index in [4.69, 9.17) is 9.47 Å². The van der Waals surface area contributed by atoms with Crippen LogP contribution in [0.4, 0.5) is 4.79 Å². The second-order valence-electron chi connectivity index (χ2n) is 6.70. The molecule has 1 rings (SSSR count). The lowest BCUT2D eigenvalue weighted by atomic mass is 9.80. The number of carbonyl (C=O) groups is 2. The van der Waals surface area contributed by atoms with E-state index in [1.807, 2.05) is 30.3 Å². The van der Waals surface area contributed by atoms with E-state index in [9.17, 15) is 9.59 Å². The zero-order chi connectivity index (χ0) is 17.0. The SMILES string of the molecule is COC(=O)C(C)(C)C(NC(=O)OC(C)(C)C)c1ccccc1. The molecule has 0 radical (unpaired) electrons. The summed E-state index contributed by atoms with van der Waals surface area (Å²) >= 11 is 0. The molecule has 0 aliphatic rings. The van der Waals surface area contributed by atoms with E-state index in [1.165, 1.54) is 7.11 Å². The predicted molar refractivity (Wildman–Crippen MR) is 84.3 cm³/mol. The first-order valence-corrected chi connectivity index (χ1v) is 7.21. The van der Waals surface area contributed by atoms with E-state index in [2.05, 4.69) is 5.32 Å². The van der Waals surface area contributed by atoms with Gasteiger partial charge in [0.1, 0.15) is 5.60 Å². The number of amides is 1. The molecule has 0 heterocycles. The van der Waals surface area contributed by atoms with Crippen LogP contribution in [0.5, 0.6) is 0 Å². The molecule has 0 bridgehead atoms. The highest BCUT2D eigenvalue weighted by Crippen LogP contribution is 2.34. The van der Waals surface area contributed by atoms with Gasteiger partial charge in [0.15, 0.2) is 0 Å². The smallest absolute Gasteiger partial charge is 0.408 e. The number of benzene rings is 1. The summed E-state index contributed by atoms with van der Waals surface area (Å²) in [5, 5.41) is 2.78. The molecule has 0 aliphatic heterocycles. The zero-order valence-electron chi connectivity index (χ0n) is 14.1. The molecular weight excluding hydrogens is 282 g/mol. The van der Waals surface area contributed by atoms with Crippen molar-refractivity contribution in [2.75, 3.05) is 7.11 Å². The number of alkyl carbamates (subject to hydrolysis) is 1. The highest BCUT2D eigenvalue weighted by molar-refractivity contribution is 5.78. The molecule has 0 saturated carbocycles. The van der Waals surface area contributed by atoms with Gasteiger partial charge in [-0.15, -0.1) is 0 Å². The quantitative estimate of drug-likeness (QED) is 0.865. The van der Waals surface area contributed by atoms with Gasteiger partial charge in [-0.3, -0.25) is 4.79 Å². The first-order valence-electron chi connectivity index (χ1n) is 7.21. The first-order chi connectivity index (χ1) is 10.1. The summed E-state index contributed by atoms with van der Waals surface area (Å²) in [7, 11) is 1.33. The van der Waals surface area contributed by atoms with Gasteiger partial charge < -0.3 is 14.8 Å². The summed E-state index contributed by atoms with van der Waals surface area (Å²) in [6.07, 6.45) is -0.571. The Morgan fingerprint density at radius 2 is 1.59 bits per heavy atom. The van der Waals surface area contributed by atoms with Crippen LogP contribution in [0.3, 0.4) is 0 Å². The van der Waals surface area contributed by atoms with E-state index in [0.717, 1.165) is 5.56 Å². The van der Waals surface area contributed by atoms with Gasteiger partial charge >= 0.3 is 12.1 Å². The van der Waals surface area contributed by atoms with E-state index < -0.39 is 29.1 Å². The van der Waals surface area contributed by atoms with Crippen molar-refractivity contribution >= 4 is 12.1 Å². The maximum Gasteiger partial charge on any atom is 0.408 e. The van der Waals surface area contributed by atoms with Crippen LogP contribution >= 0.6 is 0 Å². The lowest BCUT2D eigenvalue weighted by Gasteiger charge is -2.33. The predicted octanol–water partition coefficient (Wildman–Crippen LogP) is 3.45. The van der Waals surface area contributed by atoms with Crippen LogP contribution in [0.2, 0.25) is 0 Å². The summed E-state index contributed by atoms with van der Waals surface area (Å²) in [6, 6.07) is 8.73. The van der Waals surface area contributed by atoms with Crippen LogP contribution in [-0.2, 0) is 14.3 Å². The maximum atomic E-state index is 12.1. The number of carbonyl (C=O) groups excluding carboxylic acids is 2. The monoisotopic (exact) mass is 307 g/mol. The Labute approximate surface area is 132 Å². The van der Waals surface area contributed by atoms with Gasteiger partial charge in [0, 0.05) is 0 Å². The molecule has 0 aromatic heterocycles. The Bertz CT molecular complexity index is 517. The minimum absolute atomic E-state index is 0.405. The molecule has 0 saturated heterocycles. The third kappa shape index (κ3) is 4.76. The normalized spacial score (nSPS) is 13.2. The fraction of sp³-hybridized carbons (Fsp3) is 0.529. The van der Waals surface area contributed by atoms with Crippen molar-refractivity contribution in [2.24, 2.45) is 5.41 Å². The van der Waals surface area contributed by atoms with Gasteiger partial charge in [-0.25, -0.2) is 4.79 Å². The maximum absolute atomic E-state index is 12.1. The molecule has 1 amide bonds. The fourth-order valence-corrected chi connectivity index (χ4v) is 2.13. The van der Waals surface area contributed by atoms with Gasteiger partial charge in [0.25, 0.3) is 0 Å². The van der Waals surface area contributed by atoms with Crippen molar-refractivity contribution in [2.45, 2.75) is 46.3 Å². The second kappa shape index (κ2) is 6.81. The zero-order valence-corrected chi connectivity index (χ0v) is 14.1. The van der Waals surface area contributed by atoms with E-state index in [0.29, 0.717) is 0 Å². The van der Waals surface area contributed by atoms with Gasteiger partial charge in [0.05, 0.1) is 18.6 Å². The van der Waals surface area contributed by atoms with Crippen LogP contribution in [0, 0.1) is 5.41 Å². The number of methoxy groups -OCH3 is 1. The molecular formula is C17H25NO4. The molecule has 1 aromatic carbocycles. The standard InChI is InChI=1S/C17H25NO4/c1-16(2,3)22-15(20)18-13(12-10-8-7-9-11-12)17(4,5)14(19)21-6/h7-11,13H,1-6H3,(H,18,20). The van der Waals surface area contributed by atoms with Crippen molar-refractivity contribution < 1.29 is 19.1 Å². The lowest BCUT2D eigenvalue weighted by molar-refractivity contribution is -0.152. The van der Waals surface area contributed by atoms with Gasteiger partial charge in [-0.2, -0.15) is 0 Å². The minimum atomic E-state index is -0.937. The van der Waals surface area contributed by atoms with Crippen molar-refractivity contribution in [3.05, 3.63) is 35.9 Å². The highest BCUT2D eigenvalue weighted by Gasteiger charge is 2.40. The molecule has 122 valence electrons. The molecule has 1 N–H and O–H groups in total. The van der Waals surface area contributed by atoms with Crippen molar-refractivity contribution in [3.8, 4) is 0 Å². The van der Waals surface area contributed by atoms with Crippen LogP contribution < -0.4 is 5.32 Å². The second-order valence-corrected chi connectivity index (χ2v) is 6.70. The Hall–Kier alpha value is -2.04. The Morgan fingerprint density at radius 3 is 2.05 bits per heavy atom. The minimum Gasteiger partial charge on any atom is -0.469 e.